The van der Waals surface area contributed by atoms with Crippen LogP contribution in [0.2, 0.25) is 18.1 Å². The number of nitro groups is 1. The van der Waals surface area contributed by atoms with E-state index >= 15 is 0 Å². The van der Waals surface area contributed by atoms with Gasteiger partial charge in [0, 0.05) is 25.5 Å². The molecule has 0 aromatic heterocycles. The summed E-state index contributed by atoms with van der Waals surface area (Å²) in [6, 6.07) is 5.18. The molecule has 170 valence electrons. The zero-order chi connectivity index (χ0) is 23.6. The van der Waals surface area contributed by atoms with Crippen molar-refractivity contribution in [2.75, 3.05) is 6.61 Å². The van der Waals surface area contributed by atoms with Gasteiger partial charge in [-0.1, -0.05) is 27.4 Å². The number of rotatable bonds is 7. The fourth-order valence-electron chi connectivity index (χ4n) is 3.19. The van der Waals surface area contributed by atoms with Crippen LogP contribution in [0.3, 0.4) is 0 Å². The molecular weight excluding hydrogens is 418 g/mol. The Morgan fingerprint density at radius 2 is 1.81 bits per heavy atom. The summed E-state index contributed by atoms with van der Waals surface area (Å²) in [6.07, 6.45) is -0.317. The molecule has 2 rings (SSSR count). The minimum absolute atomic E-state index is 0.00465. The van der Waals surface area contributed by atoms with E-state index in [1.807, 2.05) is 0 Å². The molecule has 0 bridgehead atoms. The molecule has 0 amide bonds. The molecule has 0 N–H and O–H groups in total. The third kappa shape index (κ3) is 6.01. The lowest BCUT2D eigenvalue weighted by molar-refractivity contribution is -0.384. The van der Waals surface area contributed by atoms with Crippen LogP contribution in [0.25, 0.3) is 0 Å². The number of hydrogen-bond acceptors (Lipinski definition) is 7. The number of nitro benzene ring substituents is 1. The van der Waals surface area contributed by atoms with Crippen molar-refractivity contribution in [1.82, 2.24) is 0 Å². The summed E-state index contributed by atoms with van der Waals surface area (Å²) in [5.41, 5.74) is 0.834. The molecular formula is C22H31NO7Si. The van der Waals surface area contributed by atoms with E-state index in [4.69, 9.17) is 13.9 Å². The standard InChI is InChI=1S/C22H31NO7Si/c1-14-18(13-28-21(25)16-8-10-17(11-9-16)23(26)27)20(29-15(2)24)12-19(14)30-31(6,7)22(3,4)5/h8-11,18-20H,1,12-13H2,2-7H3/t18-,19+,20-/m0/s1. The van der Waals surface area contributed by atoms with E-state index in [1.54, 1.807) is 0 Å². The van der Waals surface area contributed by atoms with E-state index < -0.39 is 31.3 Å². The first-order valence-corrected chi connectivity index (χ1v) is 13.1. The third-order valence-corrected chi connectivity index (χ3v) is 10.5. The summed E-state index contributed by atoms with van der Waals surface area (Å²) >= 11 is 0. The first-order valence-electron chi connectivity index (χ1n) is 10.2. The fourth-order valence-corrected chi connectivity index (χ4v) is 4.50. The molecule has 0 saturated heterocycles. The van der Waals surface area contributed by atoms with Gasteiger partial charge in [-0.05, 0) is 35.8 Å². The maximum atomic E-state index is 12.4. The average molecular weight is 450 g/mol. The second kappa shape index (κ2) is 9.31. The van der Waals surface area contributed by atoms with Gasteiger partial charge >= 0.3 is 11.9 Å². The van der Waals surface area contributed by atoms with E-state index in [2.05, 4.69) is 40.4 Å². The number of non-ortho nitro benzene ring substituents is 1. The van der Waals surface area contributed by atoms with Crippen molar-refractivity contribution in [2.45, 2.75) is 64.5 Å². The van der Waals surface area contributed by atoms with E-state index in [9.17, 15) is 19.7 Å². The van der Waals surface area contributed by atoms with Crippen molar-refractivity contribution >= 4 is 25.9 Å². The number of carbonyl (C=O) groups is 2. The Hall–Kier alpha value is -2.52. The summed E-state index contributed by atoms with van der Waals surface area (Å²) in [4.78, 5) is 34.2. The minimum Gasteiger partial charge on any atom is -0.462 e. The van der Waals surface area contributed by atoms with E-state index in [-0.39, 0.29) is 34.9 Å². The topological polar surface area (TPSA) is 105 Å². The number of hydrogen-bond donors (Lipinski definition) is 0. The van der Waals surface area contributed by atoms with Gasteiger partial charge in [0.2, 0.25) is 0 Å². The lowest BCUT2D eigenvalue weighted by Gasteiger charge is -2.38. The molecule has 1 fully saturated rings. The molecule has 0 spiro atoms. The normalized spacial score (nSPS) is 21.6. The highest BCUT2D eigenvalue weighted by Gasteiger charge is 2.46. The summed E-state index contributed by atoms with van der Waals surface area (Å²) in [6.45, 7) is 16.2. The molecule has 0 unspecified atom stereocenters. The van der Waals surface area contributed by atoms with Crippen LogP contribution in [-0.4, -0.2) is 44.0 Å². The van der Waals surface area contributed by atoms with Crippen LogP contribution in [-0.2, 0) is 18.7 Å². The maximum Gasteiger partial charge on any atom is 0.338 e. The van der Waals surface area contributed by atoms with Crippen molar-refractivity contribution in [1.29, 1.82) is 0 Å². The lowest BCUT2D eigenvalue weighted by Crippen LogP contribution is -2.43. The van der Waals surface area contributed by atoms with Crippen LogP contribution in [0.1, 0.15) is 44.5 Å². The second-order valence-corrected chi connectivity index (χ2v) is 14.1. The molecule has 9 heteroatoms. The Kier molecular flexibility index (Phi) is 7.43. The monoisotopic (exact) mass is 449 g/mol. The Bertz CT molecular complexity index is 858. The van der Waals surface area contributed by atoms with Crippen molar-refractivity contribution < 1.29 is 28.4 Å². The van der Waals surface area contributed by atoms with Gasteiger partial charge in [-0.15, -0.1) is 0 Å². The summed E-state index contributed by atoms with van der Waals surface area (Å²) < 4.78 is 17.4. The van der Waals surface area contributed by atoms with Gasteiger partial charge in [0.15, 0.2) is 8.32 Å². The molecule has 1 aromatic carbocycles. The highest BCUT2D eigenvalue weighted by molar-refractivity contribution is 6.74. The molecule has 0 radical (unpaired) electrons. The van der Waals surface area contributed by atoms with E-state index in [0.29, 0.717) is 6.42 Å². The number of carbonyl (C=O) groups excluding carboxylic acids is 2. The average Bonchev–Trinajstić information content (AvgIpc) is 2.92. The zero-order valence-electron chi connectivity index (χ0n) is 19.0. The van der Waals surface area contributed by atoms with Crippen LogP contribution in [0.4, 0.5) is 5.69 Å². The van der Waals surface area contributed by atoms with Crippen LogP contribution >= 0.6 is 0 Å². The van der Waals surface area contributed by atoms with Gasteiger partial charge in [-0.25, -0.2) is 4.79 Å². The quantitative estimate of drug-likeness (QED) is 0.196. The molecule has 3 atom stereocenters. The molecule has 0 heterocycles. The van der Waals surface area contributed by atoms with Gasteiger partial charge in [-0.2, -0.15) is 0 Å². The van der Waals surface area contributed by atoms with Crippen molar-refractivity contribution in [2.24, 2.45) is 5.92 Å². The van der Waals surface area contributed by atoms with E-state index in [0.717, 1.165) is 5.57 Å². The van der Waals surface area contributed by atoms with Gasteiger partial charge in [0.05, 0.1) is 22.5 Å². The number of benzene rings is 1. The van der Waals surface area contributed by atoms with Crippen LogP contribution in [0.5, 0.6) is 0 Å². The Balaban J connectivity index is 2.11. The smallest absolute Gasteiger partial charge is 0.338 e. The maximum absolute atomic E-state index is 12.4. The first-order chi connectivity index (χ1) is 14.2. The highest BCUT2D eigenvalue weighted by Crippen LogP contribution is 2.42. The zero-order valence-corrected chi connectivity index (χ0v) is 20.0. The molecule has 1 aromatic rings. The Morgan fingerprint density at radius 1 is 1.23 bits per heavy atom. The van der Waals surface area contributed by atoms with Crippen LogP contribution < -0.4 is 0 Å². The molecule has 8 nitrogen and oxygen atoms in total. The number of esters is 2. The molecule has 1 aliphatic carbocycles. The molecule has 1 saturated carbocycles. The highest BCUT2D eigenvalue weighted by atomic mass is 28.4. The van der Waals surface area contributed by atoms with Crippen LogP contribution in [0.15, 0.2) is 36.4 Å². The predicted octanol–water partition coefficient (Wildman–Crippen LogP) is 4.65. The second-order valence-electron chi connectivity index (χ2n) is 9.33. The van der Waals surface area contributed by atoms with Gasteiger partial charge < -0.3 is 13.9 Å². The summed E-state index contributed by atoms with van der Waals surface area (Å²) in [5, 5.41) is 10.8. The van der Waals surface area contributed by atoms with Gasteiger partial charge in [0.1, 0.15) is 12.7 Å². The fraction of sp³-hybridized carbons (Fsp3) is 0.545. The summed E-state index contributed by atoms with van der Waals surface area (Å²) in [7, 11) is -2.09. The van der Waals surface area contributed by atoms with Crippen LogP contribution in [0, 0.1) is 16.0 Å². The van der Waals surface area contributed by atoms with Gasteiger partial charge in [0.25, 0.3) is 5.69 Å². The van der Waals surface area contributed by atoms with Crippen molar-refractivity contribution in [3.63, 3.8) is 0 Å². The van der Waals surface area contributed by atoms with Gasteiger partial charge in [-0.3, -0.25) is 14.9 Å². The molecule has 31 heavy (non-hydrogen) atoms. The van der Waals surface area contributed by atoms with Crippen molar-refractivity contribution in [3.8, 4) is 0 Å². The SMILES string of the molecule is C=C1[C@H](O[Si](C)(C)C(C)(C)C)C[C@H](OC(C)=O)[C@H]1COC(=O)c1ccc([N+](=O)[O-])cc1. The lowest BCUT2D eigenvalue weighted by atomic mass is 10.0. The third-order valence-electron chi connectivity index (χ3n) is 6.05. The number of nitrogens with zero attached hydrogens (tertiary/aromatic N) is 1. The number of ether oxygens (including phenoxy) is 2. The Morgan fingerprint density at radius 3 is 2.29 bits per heavy atom. The molecule has 1 aliphatic rings. The first kappa shape index (κ1) is 24.7. The predicted molar refractivity (Wildman–Crippen MR) is 118 cm³/mol. The largest absolute Gasteiger partial charge is 0.462 e. The molecule has 0 aliphatic heterocycles. The minimum atomic E-state index is -2.09. The van der Waals surface area contributed by atoms with Crippen molar-refractivity contribution in [3.05, 3.63) is 52.1 Å². The summed E-state index contributed by atoms with van der Waals surface area (Å²) in [5.74, 6) is -1.42. The van der Waals surface area contributed by atoms with E-state index in [1.165, 1.54) is 31.2 Å². The Labute approximate surface area is 183 Å².